The molecule has 2 heterocycles. The zero-order valence-electron chi connectivity index (χ0n) is 18.5. The van der Waals surface area contributed by atoms with Crippen molar-refractivity contribution < 1.29 is 14.4 Å². The third-order valence-electron chi connectivity index (χ3n) is 6.94. The molecule has 1 aliphatic carbocycles. The minimum Gasteiger partial charge on any atom is -0.353 e. The maximum Gasteiger partial charge on any atom is 0.242 e. The number of piperazine rings is 2. The summed E-state index contributed by atoms with van der Waals surface area (Å²) in [4.78, 5) is 44.1. The van der Waals surface area contributed by atoms with Crippen molar-refractivity contribution >= 4 is 17.7 Å². The van der Waals surface area contributed by atoms with Gasteiger partial charge in [0.05, 0.1) is 19.0 Å². The van der Waals surface area contributed by atoms with Crippen LogP contribution in [0.5, 0.6) is 0 Å². The number of hydrogen-bond donors (Lipinski definition) is 1. The van der Waals surface area contributed by atoms with E-state index >= 15 is 0 Å². The number of aryl methyl sites for hydroxylation is 1. The zero-order chi connectivity index (χ0) is 21.8. The fourth-order valence-corrected chi connectivity index (χ4v) is 5.07. The first-order valence-corrected chi connectivity index (χ1v) is 11.7. The van der Waals surface area contributed by atoms with Crippen molar-refractivity contribution in [3.63, 3.8) is 0 Å². The van der Waals surface area contributed by atoms with Gasteiger partial charge in [0.15, 0.2) is 0 Å². The molecule has 2 aliphatic heterocycles. The van der Waals surface area contributed by atoms with Crippen LogP contribution in [-0.4, -0.2) is 77.2 Å². The van der Waals surface area contributed by atoms with Gasteiger partial charge in [-0.05, 0) is 25.3 Å². The number of carbonyl (C=O) groups is 3. The summed E-state index contributed by atoms with van der Waals surface area (Å²) in [6, 6.07) is 8.13. The Bertz CT molecular complexity index is 804. The number of rotatable bonds is 5. The summed E-state index contributed by atoms with van der Waals surface area (Å²) < 4.78 is 0. The molecule has 1 N–H and O–H groups in total. The van der Waals surface area contributed by atoms with Gasteiger partial charge in [0.25, 0.3) is 0 Å². The molecular formula is C24H34N4O3. The maximum absolute atomic E-state index is 13.0. The Morgan fingerprint density at radius 3 is 2.48 bits per heavy atom. The topological polar surface area (TPSA) is 73.0 Å². The largest absolute Gasteiger partial charge is 0.353 e. The summed E-state index contributed by atoms with van der Waals surface area (Å²) in [5, 5.41) is 2.90. The van der Waals surface area contributed by atoms with Gasteiger partial charge in [0, 0.05) is 38.8 Å². The number of benzene rings is 1. The van der Waals surface area contributed by atoms with Gasteiger partial charge >= 0.3 is 0 Å². The molecule has 7 heteroatoms. The van der Waals surface area contributed by atoms with Crippen LogP contribution in [0.3, 0.4) is 0 Å². The Balaban J connectivity index is 1.36. The van der Waals surface area contributed by atoms with Crippen molar-refractivity contribution in [1.82, 2.24) is 20.0 Å². The van der Waals surface area contributed by atoms with Crippen LogP contribution in [0, 0.1) is 6.92 Å². The highest BCUT2D eigenvalue weighted by atomic mass is 16.2. The smallest absolute Gasteiger partial charge is 0.242 e. The van der Waals surface area contributed by atoms with Gasteiger partial charge < -0.3 is 15.1 Å². The number of hydrogen-bond acceptors (Lipinski definition) is 4. The first-order valence-electron chi connectivity index (χ1n) is 11.7. The van der Waals surface area contributed by atoms with Crippen molar-refractivity contribution in [2.45, 2.75) is 64.1 Å². The molecule has 1 atom stereocenters. The predicted octanol–water partition coefficient (Wildman–Crippen LogP) is 1.69. The van der Waals surface area contributed by atoms with Gasteiger partial charge in [-0.25, -0.2) is 0 Å². The molecule has 3 aliphatic rings. The highest BCUT2D eigenvalue weighted by Gasteiger charge is 2.36. The third kappa shape index (κ3) is 5.26. The number of amides is 3. The normalized spacial score (nSPS) is 23.7. The minimum atomic E-state index is -0.492. The molecule has 1 saturated carbocycles. The lowest BCUT2D eigenvalue weighted by atomic mass is 9.93. The molecule has 168 valence electrons. The maximum atomic E-state index is 13.0. The molecule has 1 unspecified atom stereocenters. The van der Waals surface area contributed by atoms with E-state index in [1.807, 2.05) is 4.90 Å². The van der Waals surface area contributed by atoms with Gasteiger partial charge in [0.2, 0.25) is 17.7 Å². The van der Waals surface area contributed by atoms with Gasteiger partial charge in [-0.2, -0.15) is 0 Å². The van der Waals surface area contributed by atoms with E-state index in [1.54, 1.807) is 4.90 Å². The lowest BCUT2D eigenvalue weighted by Gasteiger charge is -2.41. The van der Waals surface area contributed by atoms with Crippen molar-refractivity contribution in [1.29, 1.82) is 0 Å². The molecule has 0 spiro atoms. The fraction of sp³-hybridized carbons (Fsp3) is 0.625. The van der Waals surface area contributed by atoms with Crippen molar-refractivity contribution in [3.05, 3.63) is 35.4 Å². The highest BCUT2D eigenvalue weighted by molar-refractivity contribution is 5.91. The molecule has 0 radical (unpaired) electrons. The van der Waals surface area contributed by atoms with Gasteiger partial charge in [-0.3, -0.25) is 19.3 Å². The van der Waals surface area contributed by atoms with Crippen LogP contribution in [0.15, 0.2) is 24.3 Å². The predicted molar refractivity (Wildman–Crippen MR) is 118 cm³/mol. The quantitative estimate of drug-likeness (QED) is 0.778. The summed E-state index contributed by atoms with van der Waals surface area (Å²) in [7, 11) is 0. The summed E-state index contributed by atoms with van der Waals surface area (Å²) in [5.41, 5.74) is 2.33. The van der Waals surface area contributed by atoms with E-state index in [9.17, 15) is 14.4 Å². The Hall–Kier alpha value is -2.41. The summed E-state index contributed by atoms with van der Waals surface area (Å²) in [5.74, 6) is -0.150. The summed E-state index contributed by atoms with van der Waals surface area (Å²) in [6.07, 6.45) is 5.90. The van der Waals surface area contributed by atoms with Crippen LogP contribution in [0.1, 0.15) is 49.7 Å². The van der Waals surface area contributed by atoms with E-state index in [1.165, 1.54) is 24.8 Å². The third-order valence-corrected chi connectivity index (χ3v) is 6.94. The van der Waals surface area contributed by atoms with Gasteiger partial charge in [-0.15, -0.1) is 0 Å². The molecule has 31 heavy (non-hydrogen) atoms. The second kappa shape index (κ2) is 9.81. The van der Waals surface area contributed by atoms with E-state index in [2.05, 4.69) is 41.4 Å². The van der Waals surface area contributed by atoms with E-state index in [0.717, 1.165) is 18.4 Å². The molecule has 3 amide bonds. The fourth-order valence-electron chi connectivity index (χ4n) is 5.07. The van der Waals surface area contributed by atoms with Gasteiger partial charge in [-0.1, -0.05) is 49.1 Å². The second-order valence-corrected chi connectivity index (χ2v) is 9.16. The highest BCUT2D eigenvalue weighted by Crippen LogP contribution is 2.24. The molecule has 3 fully saturated rings. The number of nitrogens with one attached hydrogen (secondary N) is 1. The first-order chi connectivity index (χ1) is 15.0. The number of nitrogens with zero attached hydrogens (tertiary/aromatic N) is 3. The molecule has 7 nitrogen and oxygen atoms in total. The van der Waals surface area contributed by atoms with E-state index in [0.29, 0.717) is 38.8 Å². The van der Waals surface area contributed by atoms with Crippen LogP contribution in [0.25, 0.3) is 0 Å². The van der Waals surface area contributed by atoms with Crippen molar-refractivity contribution in [2.75, 3.05) is 32.7 Å². The molecule has 2 saturated heterocycles. The zero-order valence-corrected chi connectivity index (χ0v) is 18.5. The van der Waals surface area contributed by atoms with Crippen molar-refractivity contribution in [3.8, 4) is 0 Å². The number of carbonyl (C=O) groups excluding carboxylic acids is 3. The van der Waals surface area contributed by atoms with E-state index < -0.39 is 6.04 Å². The average Bonchev–Trinajstić information content (AvgIpc) is 2.78. The molecule has 1 aromatic rings. The lowest BCUT2D eigenvalue weighted by molar-refractivity contribution is -0.149. The first kappa shape index (κ1) is 21.8. The Morgan fingerprint density at radius 2 is 1.77 bits per heavy atom. The average molecular weight is 427 g/mol. The van der Waals surface area contributed by atoms with Crippen LogP contribution in [0.4, 0.5) is 0 Å². The van der Waals surface area contributed by atoms with Crippen LogP contribution in [-0.2, 0) is 20.9 Å². The Labute approximate surface area is 184 Å². The molecule has 4 rings (SSSR count). The summed E-state index contributed by atoms with van der Waals surface area (Å²) >= 11 is 0. The Kier molecular flexibility index (Phi) is 6.90. The van der Waals surface area contributed by atoms with Gasteiger partial charge in [0.1, 0.15) is 0 Å². The standard InChI is InChI=1S/C24H34N4O3/c1-18-7-9-19(10-8-18)16-26-12-11-25-24(31)21(26)15-22(29)27-13-14-28(23(30)17-27)20-5-3-2-4-6-20/h7-10,20-21H,2-6,11-17H2,1H3,(H,25,31). The van der Waals surface area contributed by atoms with Crippen LogP contribution < -0.4 is 5.32 Å². The summed E-state index contributed by atoms with van der Waals surface area (Å²) in [6.45, 7) is 5.31. The molecular weight excluding hydrogens is 392 g/mol. The van der Waals surface area contributed by atoms with Crippen molar-refractivity contribution in [2.24, 2.45) is 0 Å². The lowest BCUT2D eigenvalue weighted by Crippen LogP contribution is -2.59. The SMILES string of the molecule is Cc1ccc(CN2CCNC(=O)C2CC(=O)N2CCN(C3CCCCC3)C(=O)C2)cc1. The van der Waals surface area contributed by atoms with E-state index in [4.69, 9.17) is 0 Å². The molecule has 0 aromatic heterocycles. The Morgan fingerprint density at radius 1 is 1.03 bits per heavy atom. The molecule has 1 aromatic carbocycles. The monoisotopic (exact) mass is 426 g/mol. The van der Waals surface area contributed by atoms with Crippen LogP contribution >= 0.6 is 0 Å². The minimum absolute atomic E-state index is 0.0520. The van der Waals surface area contributed by atoms with Crippen LogP contribution in [0.2, 0.25) is 0 Å². The van der Waals surface area contributed by atoms with E-state index in [-0.39, 0.29) is 30.7 Å². The second-order valence-electron chi connectivity index (χ2n) is 9.16. The molecule has 0 bridgehead atoms.